The summed E-state index contributed by atoms with van der Waals surface area (Å²) in [6.45, 7) is 8.31. The highest BCUT2D eigenvalue weighted by atomic mass is 19.1. The van der Waals surface area contributed by atoms with Crippen molar-refractivity contribution in [3.05, 3.63) is 71.0 Å². The maximum absolute atomic E-state index is 14.1. The number of hydrogen-bond acceptors (Lipinski definition) is 2. The van der Waals surface area contributed by atoms with E-state index in [4.69, 9.17) is 4.74 Å². The summed E-state index contributed by atoms with van der Waals surface area (Å²) >= 11 is 0. The Balaban J connectivity index is 2.11. The number of carbonyl (C=O) groups excluding carboxylic acids is 1. The minimum atomic E-state index is -0.938. The van der Waals surface area contributed by atoms with E-state index in [0.717, 1.165) is 5.56 Å². The molecule has 0 radical (unpaired) electrons. The summed E-state index contributed by atoms with van der Waals surface area (Å²) < 4.78 is 19.6. The van der Waals surface area contributed by atoms with E-state index in [2.05, 4.69) is 26.1 Å². The minimum Gasteiger partial charge on any atom is -0.372 e. The molecule has 2 aromatic rings. The third-order valence-corrected chi connectivity index (χ3v) is 4.49. The Morgan fingerprint density at radius 1 is 1.04 bits per heavy atom. The number of methoxy groups -OCH3 is 1. The Kier molecular flexibility index (Phi) is 5.63. The molecular formula is C21H26FNO2. The molecule has 0 aromatic heterocycles. The van der Waals surface area contributed by atoms with Gasteiger partial charge in [-0.15, -0.1) is 0 Å². The minimum absolute atomic E-state index is 0.0362. The maximum Gasteiger partial charge on any atom is 0.251 e. The van der Waals surface area contributed by atoms with E-state index in [0.29, 0.717) is 11.1 Å². The number of rotatable bonds is 5. The lowest BCUT2D eigenvalue weighted by molar-refractivity contribution is 0.000389. The molecule has 0 spiro atoms. The monoisotopic (exact) mass is 343 g/mol. The highest BCUT2D eigenvalue weighted by molar-refractivity contribution is 5.94. The van der Waals surface area contributed by atoms with Crippen LogP contribution in [0.4, 0.5) is 4.39 Å². The van der Waals surface area contributed by atoms with Crippen molar-refractivity contribution < 1.29 is 13.9 Å². The van der Waals surface area contributed by atoms with Gasteiger partial charge in [-0.1, -0.05) is 51.1 Å². The summed E-state index contributed by atoms with van der Waals surface area (Å²) in [7, 11) is 1.51. The molecule has 0 fully saturated rings. The summed E-state index contributed by atoms with van der Waals surface area (Å²) in [4.78, 5) is 12.4. The molecule has 0 saturated heterocycles. The fourth-order valence-corrected chi connectivity index (χ4v) is 2.64. The number of carbonyl (C=O) groups is 1. The average Bonchev–Trinajstić information content (AvgIpc) is 2.59. The third kappa shape index (κ3) is 4.45. The zero-order valence-electron chi connectivity index (χ0n) is 15.5. The van der Waals surface area contributed by atoms with Crippen molar-refractivity contribution in [1.29, 1.82) is 0 Å². The topological polar surface area (TPSA) is 38.3 Å². The van der Waals surface area contributed by atoms with Crippen LogP contribution in [0.5, 0.6) is 0 Å². The van der Waals surface area contributed by atoms with E-state index >= 15 is 0 Å². The Bertz CT molecular complexity index is 734. The molecule has 1 unspecified atom stereocenters. The summed E-state index contributed by atoms with van der Waals surface area (Å²) in [5, 5.41) is 2.84. The lowest BCUT2D eigenvalue weighted by Crippen LogP contribution is -2.40. The fourth-order valence-electron chi connectivity index (χ4n) is 2.64. The van der Waals surface area contributed by atoms with Crippen molar-refractivity contribution in [3.8, 4) is 0 Å². The number of hydrogen-bond donors (Lipinski definition) is 1. The first-order chi connectivity index (χ1) is 11.7. The molecule has 0 bridgehead atoms. The zero-order valence-corrected chi connectivity index (χ0v) is 15.5. The van der Waals surface area contributed by atoms with Gasteiger partial charge in [0.2, 0.25) is 0 Å². The van der Waals surface area contributed by atoms with Crippen LogP contribution in [-0.2, 0) is 15.8 Å². The van der Waals surface area contributed by atoms with E-state index in [1.807, 2.05) is 24.3 Å². The predicted molar refractivity (Wildman–Crippen MR) is 98.2 cm³/mol. The summed E-state index contributed by atoms with van der Waals surface area (Å²) in [5.41, 5.74) is 1.25. The van der Waals surface area contributed by atoms with Crippen LogP contribution in [-0.4, -0.2) is 19.6 Å². The van der Waals surface area contributed by atoms with Crippen LogP contribution in [0.1, 0.15) is 49.2 Å². The molecular weight excluding hydrogens is 317 g/mol. The third-order valence-electron chi connectivity index (χ3n) is 4.49. The normalized spacial score (nSPS) is 14.0. The van der Waals surface area contributed by atoms with Gasteiger partial charge >= 0.3 is 0 Å². The second kappa shape index (κ2) is 7.36. The van der Waals surface area contributed by atoms with Gasteiger partial charge in [0.05, 0.1) is 6.54 Å². The predicted octanol–water partition coefficient (Wildman–Crippen LogP) is 4.41. The number of ether oxygens (including phenoxy) is 1. The number of nitrogens with one attached hydrogen (secondary N) is 1. The maximum atomic E-state index is 14.1. The zero-order chi connectivity index (χ0) is 18.7. The van der Waals surface area contributed by atoms with Gasteiger partial charge in [-0.2, -0.15) is 0 Å². The van der Waals surface area contributed by atoms with E-state index < -0.39 is 5.60 Å². The molecule has 25 heavy (non-hydrogen) atoms. The van der Waals surface area contributed by atoms with Crippen LogP contribution in [0.25, 0.3) is 0 Å². The van der Waals surface area contributed by atoms with Gasteiger partial charge in [0, 0.05) is 18.2 Å². The molecule has 2 aromatic carbocycles. The second-order valence-electron chi connectivity index (χ2n) is 7.42. The van der Waals surface area contributed by atoms with Crippen LogP contribution in [0.2, 0.25) is 0 Å². The summed E-state index contributed by atoms with van der Waals surface area (Å²) in [6.07, 6.45) is 0. The van der Waals surface area contributed by atoms with Crippen molar-refractivity contribution in [3.63, 3.8) is 0 Å². The molecule has 1 N–H and O–H groups in total. The van der Waals surface area contributed by atoms with Gasteiger partial charge in [0.1, 0.15) is 11.4 Å². The molecule has 4 heteroatoms. The van der Waals surface area contributed by atoms with Crippen LogP contribution in [0.15, 0.2) is 48.5 Å². The van der Waals surface area contributed by atoms with Gasteiger partial charge in [0.25, 0.3) is 5.91 Å². The Morgan fingerprint density at radius 2 is 1.64 bits per heavy atom. The summed E-state index contributed by atoms with van der Waals surface area (Å²) in [6, 6.07) is 14.0. The van der Waals surface area contributed by atoms with Gasteiger partial charge in [-0.3, -0.25) is 4.79 Å². The lowest BCUT2D eigenvalue weighted by Gasteiger charge is -2.29. The highest BCUT2D eigenvalue weighted by Crippen LogP contribution is 2.26. The van der Waals surface area contributed by atoms with Crippen LogP contribution in [0, 0.1) is 5.82 Å². The first kappa shape index (κ1) is 19.1. The molecule has 0 heterocycles. The fraction of sp³-hybridized carbons (Fsp3) is 0.381. The smallest absolute Gasteiger partial charge is 0.251 e. The van der Waals surface area contributed by atoms with Crippen LogP contribution >= 0.6 is 0 Å². The van der Waals surface area contributed by atoms with Crippen molar-refractivity contribution in [2.24, 2.45) is 0 Å². The first-order valence-corrected chi connectivity index (χ1v) is 8.36. The molecule has 0 aliphatic carbocycles. The van der Waals surface area contributed by atoms with Gasteiger partial charge in [-0.25, -0.2) is 4.39 Å². The van der Waals surface area contributed by atoms with Crippen LogP contribution < -0.4 is 5.32 Å². The Morgan fingerprint density at radius 3 is 2.16 bits per heavy atom. The van der Waals surface area contributed by atoms with Gasteiger partial charge in [-0.05, 0) is 36.1 Å². The number of amides is 1. The lowest BCUT2D eigenvalue weighted by atomic mass is 9.86. The second-order valence-corrected chi connectivity index (χ2v) is 7.42. The Hall–Kier alpha value is -2.20. The van der Waals surface area contributed by atoms with E-state index in [1.165, 1.54) is 13.2 Å². The molecule has 1 amide bonds. The first-order valence-electron chi connectivity index (χ1n) is 8.36. The molecule has 2 rings (SSSR count). The van der Waals surface area contributed by atoms with E-state index in [9.17, 15) is 9.18 Å². The van der Waals surface area contributed by atoms with Crippen molar-refractivity contribution in [1.82, 2.24) is 5.32 Å². The molecule has 134 valence electrons. The molecule has 0 aliphatic heterocycles. The quantitative estimate of drug-likeness (QED) is 0.873. The average molecular weight is 343 g/mol. The van der Waals surface area contributed by atoms with E-state index in [-0.39, 0.29) is 23.7 Å². The van der Waals surface area contributed by atoms with Crippen molar-refractivity contribution in [2.75, 3.05) is 13.7 Å². The molecule has 1 atom stereocenters. The van der Waals surface area contributed by atoms with E-state index in [1.54, 1.807) is 25.1 Å². The van der Waals surface area contributed by atoms with Crippen molar-refractivity contribution >= 4 is 5.91 Å². The number of halogens is 1. The van der Waals surface area contributed by atoms with Gasteiger partial charge < -0.3 is 10.1 Å². The number of benzene rings is 2. The molecule has 3 nitrogen and oxygen atoms in total. The van der Waals surface area contributed by atoms with Crippen LogP contribution in [0.3, 0.4) is 0 Å². The SMILES string of the molecule is COC(C)(CNC(=O)c1ccc(C(C)(C)C)cc1)c1ccccc1F. The molecule has 0 aliphatic rings. The standard InChI is InChI=1S/C21H26FNO2/c1-20(2,3)16-12-10-15(11-13-16)19(24)23-14-21(4,25-5)17-8-6-7-9-18(17)22/h6-13H,14H2,1-5H3,(H,23,24). The molecule has 0 saturated carbocycles. The van der Waals surface area contributed by atoms with Gasteiger partial charge in [0.15, 0.2) is 0 Å². The highest BCUT2D eigenvalue weighted by Gasteiger charge is 2.30. The summed E-state index contributed by atoms with van der Waals surface area (Å²) in [5.74, 6) is -0.560. The van der Waals surface area contributed by atoms with Crippen molar-refractivity contribution in [2.45, 2.75) is 38.7 Å². The Labute approximate surface area is 149 Å². The largest absolute Gasteiger partial charge is 0.372 e.